The maximum Gasteiger partial charge on any atom is 0.164 e. The molecule has 0 amide bonds. The van der Waals surface area contributed by atoms with Gasteiger partial charge in [0.25, 0.3) is 0 Å². The second-order valence-electron chi connectivity index (χ2n) is 7.59. The summed E-state index contributed by atoms with van der Waals surface area (Å²) in [6.07, 6.45) is 1.43. The smallest absolute Gasteiger partial charge is 0.164 e. The maximum absolute atomic E-state index is 9.78. The molecule has 1 unspecified atom stereocenters. The molecule has 0 saturated carbocycles. The summed E-state index contributed by atoms with van der Waals surface area (Å²) in [5.41, 5.74) is 9.67. The summed E-state index contributed by atoms with van der Waals surface area (Å²) in [6.45, 7) is 8.75. The van der Waals surface area contributed by atoms with Crippen LogP contribution in [0.15, 0.2) is 12.4 Å². The van der Waals surface area contributed by atoms with Gasteiger partial charge in [-0.1, -0.05) is 18.5 Å². The standard InChI is InChI=1S/C21H24ClN7O/c1-5-28-8-13(9-28)18-15(7-23)16(22)6-14(19(18)30-4)12(3)29-21-17(11(2)27-29)20(24)25-10-26-21/h6,10,12-13H,5,8-9H2,1-4H3,(H2,24,25,26). The van der Waals surface area contributed by atoms with Gasteiger partial charge in [0.2, 0.25) is 0 Å². The average molecular weight is 426 g/mol. The molecule has 2 aromatic heterocycles. The van der Waals surface area contributed by atoms with Gasteiger partial charge in [0.15, 0.2) is 5.65 Å². The van der Waals surface area contributed by atoms with Crippen LogP contribution in [0.25, 0.3) is 11.0 Å². The van der Waals surface area contributed by atoms with Crippen LogP contribution in [-0.4, -0.2) is 51.4 Å². The lowest BCUT2D eigenvalue weighted by Crippen LogP contribution is -2.45. The van der Waals surface area contributed by atoms with Crippen LogP contribution in [-0.2, 0) is 0 Å². The number of methoxy groups -OCH3 is 1. The van der Waals surface area contributed by atoms with Gasteiger partial charge in [0.05, 0.1) is 34.8 Å². The predicted octanol–water partition coefficient (Wildman–Crippen LogP) is 3.28. The van der Waals surface area contributed by atoms with Crippen LogP contribution in [0.4, 0.5) is 5.82 Å². The number of likely N-dealkylation sites (N-methyl/N-ethyl adjacent to an activating group) is 1. The van der Waals surface area contributed by atoms with Crippen LogP contribution in [0.2, 0.25) is 5.02 Å². The number of anilines is 1. The average Bonchev–Trinajstić information content (AvgIpc) is 3.04. The Morgan fingerprint density at radius 2 is 2.13 bits per heavy atom. The molecule has 0 spiro atoms. The van der Waals surface area contributed by atoms with Crippen LogP contribution in [0.1, 0.15) is 48.2 Å². The summed E-state index contributed by atoms with van der Waals surface area (Å²) >= 11 is 6.57. The normalized spacial score (nSPS) is 15.7. The molecule has 30 heavy (non-hydrogen) atoms. The fourth-order valence-electron chi connectivity index (χ4n) is 4.29. The van der Waals surface area contributed by atoms with Crippen LogP contribution < -0.4 is 10.5 Å². The van der Waals surface area contributed by atoms with Crippen LogP contribution >= 0.6 is 11.6 Å². The number of aromatic nitrogens is 4. The number of fused-ring (bicyclic) bond motifs is 1. The molecule has 1 aliphatic rings. The van der Waals surface area contributed by atoms with Gasteiger partial charge in [-0.25, -0.2) is 14.6 Å². The summed E-state index contributed by atoms with van der Waals surface area (Å²) in [4.78, 5) is 10.8. The third-order valence-electron chi connectivity index (χ3n) is 5.94. The zero-order chi connectivity index (χ0) is 21.6. The summed E-state index contributed by atoms with van der Waals surface area (Å²) in [6, 6.07) is 3.84. The minimum absolute atomic E-state index is 0.202. The SMILES string of the molecule is CCN1CC(c2c(C#N)c(Cl)cc(C(C)n3nc(C)c4c(N)ncnc43)c2OC)C1. The topological polar surface area (TPSA) is 106 Å². The van der Waals surface area contributed by atoms with Gasteiger partial charge in [0.1, 0.15) is 24.0 Å². The highest BCUT2D eigenvalue weighted by Crippen LogP contribution is 2.44. The molecule has 3 heterocycles. The maximum atomic E-state index is 9.78. The summed E-state index contributed by atoms with van der Waals surface area (Å²) < 4.78 is 7.67. The van der Waals surface area contributed by atoms with E-state index in [1.165, 1.54) is 6.33 Å². The van der Waals surface area contributed by atoms with E-state index in [2.05, 4.69) is 33.0 Å². The van der Waals surface area contributed by atoms with E-state index in [1.54, 1.807) is 13.2 Å². The van der Waals surface area contributed by atoms with Crippen molar-refractivity contribution < 1.29 is 4.74 Å². The second-order valence-corrected chi connectivity index (χ2v) is 8.00. The molecular weight excluding hydrogens is 402 g/mol. The Kier molecular flexibility index (Phi) is 5.26. The van der Waals surface area contributed by atoms with E-state index in [0.717, 1.165) is 41.8 Å². The van der Waals surface area contributed by atoms with Gasteiger partial charge < -0.3 is 15.4 Å². The van der Waals surface area contributed by atoms with Crippen molar-refractivity contribution in [1.29, 1.82) is 5.26 Å². The Labute approximate surface area is 180 Å². The van der Waals surface area contributed by atoms with Crippen molar-refractivity contribution in [2.75, 3.05) is 32.5 Å². The summed E-state index contributed by atoms with van der Waals surface area (Å²) in [5, 5.41) is 15.6. The Morgan fingerprint density at radius 1 is 1.40 bits per heavy atom. The third kappa shape index (κ3) is 3.06. The molecule has 9 heteroatoms. The zero-order valence-electron chi connectivity index (χ0n) is 17.5. The first kappa shape index (κ1) is 20.4. The van der Waals surface area contributed by atoms with Crippen LogP contribution in [0.3, 0.4) is 0 Å². The molecule has 1 aliphatic heterocycles. The van der Waals surface area contributed by atoms with Gasteiger partial charge in [-0.05, 0) is 26.5 Å². The molecule has 2 N–H and O–H groups in total. The van der Waals surface area contributed by atoms with E-state index in [1.807, 2.05) is 18.5 Å². The first-order valence-corrected chi connectivity index (χ1v) is 10.3. The highest BCUT2D eigenvalue weighted by atomic mass is 35.5. The highest BCUT2D eigenvalue weighted by Gasteiger charge is 2.34. The molecule has 1 atom stereocenters. The van der Waals surface area contributed by atoms with Crippen molar-refractivity contribution in [3.8, 4) is 11.8 Å². The van der Waals surface area contributed by atoms with Gasteiger partial charge in [-0.15, -0.1) is 0 Å². The zero-order valence-corrected chi connectivity index (χ0v) is 18.2. The molecule has 1 fully saturated rings. The number of aryl methyl sites for hydroxylation is 1. The lowest BCUT2D eigenvalue weighted by atomic mass is 9.85. The first-order valence-electron chi connectivity index (χ1n) is 9.89. The monoisotopic (exact) mass is 425 g/mol. The number of rotatable bonds is 5. The van der Waals surface area contributed by atoms with Gasteiger partial charge in [-0.2, -0.15) is 10.4 Å². The number of halogens is 1. The number of ether oxygens (including phenoxy) is 1. The molecule has 1 aromatic carbocycles. The molecule has 4 rings (SSSR count). The molecule has 156 valence electrons. The number of hydrogen-bond acceptors (Lipinski definition) is 7. The Balaban J connectivity index is 1.89. The van der Waals surface area contributed by atoms with Gasteiger partial charge >= 0.3 is 0 Å². The van der Waals surface area contributed by atoms with E-state index in [9.17, 15) is 5.26 Å². The van der Waals surface area contributed by atoms with Crippen molar-refractivity contribution >= 4 is 28.5 Å². The summed E-state index contributed by atoms with van der Waals surface area (Å²) in [5.74, 6) is 1.29. The van der Waals surface area contributed by atoms with Crippen molar-refractivity contribution in [2.45, 2.75) is 32.7 Å². The van der Waals surface area contributed by atoms with Crippen LogP contribution in [0, 0.1) is 18.3 Å². The number of nitrogen functional groups attached to an aromatic ring is 1. The van der Waals surface area contributed by atoms with Gasteiger partial charge in [0, 0.05) is 30.1 Å². The van der Waals surface area contributed by atoms with E-state index in [0.29, 0.717) is 27.8 Å². The third-order valence-corrected chi connectivity index (χ3v) is 6.23. The fourth-order valence-corrected chi connectivity index (χ4v) is 4.56. The number of nitrogens with two attached hydrogens (primary N) is 1. The summed E-state index contributed by atoms with van der Waals surface area (Å²) in [7, 11) is 1.63. The largest absolute Gasteiger partial charge is 0.496 e. The van der Waals surface area contributed by atoms with Crippen molar-refractivity contribution in [3.05, 3.63) is 39.8 Å². The number of hydrogen-bond donors (Lipinski definition) is 1. The molecule has 0 radical (unpaired) electrons. The Hall–Kier alpha value is -2.89. The number of benzene rings is 1. The van der Waals surface area contributed by atoms with E-state index in [-0.39, 0.29) is 12.0 Å². The van der Waals surface area contributed by atoms with Crippen molar-refractivity contribution in [2.24, 2.45) is 0 Å². The van der Waals surface area contributed by atoms with E-state index in [4.69, 9.17) is 22.1 Å². The fraction of sp³-hybridized carbons (Fsp3) is 0.429. The van der Waals surface area contributed by atoms with E-state index < -0.39 is 0 Å². The lowest BCUT2D eigenvalue weighted by molar-refractivity contribution is 0.155. The molecule has 1 saturated heterocycles. The Bertz CT molecular complexity index is 1160. The van der Waals surface area contributed by atoms with Crippen LogP contribution in [0.5, 0.6) is 5.75 Å². The molecule has 3 aromatic rings. The van der Waals surface area contributed by atoms with Crippen molar-refractivity contribution in [1.82, 2.24) is 24.6 Å². The second kappa shape index (κ2) is 7.74. The van der Waals surface area contributed by atoms with Gasteiger partial charge in [-0.3, -0.25) is 0 Å². The first-order chi connectivity index (χ1) is 14.4. The number of nitrogens with zero attached hydrogens (tertiary/aromatic N) is 6. The quantitative estimate of drug-likeness (QED) is 0.668. The molecular formula is C21H24ClN7O. The van der Waals surface area contributed by atoms with E-state index >= 15 is 0 Å². The predicted molar refractivity (Wildman–Crippen MR) is 116 cm³/mol. The number of nitriles is 1. The minimum Gasteiger partial charge on any atom is -0.496 e. The number of likely N-dealkylation sites (tertiary alicyclic amines) is 1. The minimum atomic E-state index is -0.239. The van der Waals surface area contributed by atoms with Crippen molar-refractivity contribution in [3.63, 3.8) is 0 Å². The molecule has 0 aliphatic carbocycles. The lowest BCUT2D eigenvalue weighted by Gasteiger charge is -2.40. The highest BCUT2D eigenvalue weighted by molar-refractivity contribution is 6.32. The Morgan fingerprint density at radius 3 is 2.77 bits per heavy atom. The molecule has 8 nitrogen and oxygen atoms in total. The molecule has 0 bridgehead atoms.